The number of rotatable bonds is 6. The zero-order valence-electron chi connectivity index (χ0n) is 10.5. The van der Waals surface area contributed by atoms with Crippen molar-refractivity contribution in [2.45, 2.75) is 58.0 Å². The standard InChI is InChI=1S/C13H22N2S.ClH/c1-2-3-5-11-6-4-7-13(11)14-8-12-9-16-10-15-12;/h9-11,13-14H,2-8H2,1H3;1H. The second-order valence-corrected chi connectivity index (χ2v) is 5.52. The van der Waals surface area contributed by atoms with Crippen molar-refractivity contribution in [1.82, 2.24) is 10.3 Å². The number of unbranched alkanes of at least 4 members (excludes halogenated alkanes) is 1. The maximum atomic E-state index is 4.32. The van der Waals surface area contributed by atoms with Crippen molar-refractivity contribution in [3.8, 4) is 0 Å². The molecule has 1 aromatic rings. The molecule has 0 amide bonds. The van der Waals surface area contributed by atoms with Crippen molar-refractivity contribution in [3.05, 3.63) is 16.6 Å². The number of nitrogens with zero attached hydrogens (tertiary/aromatic N) is 1. The molecule has 1 heterocycles. The molecule has 0 radical (unpaired) electrons. The lowest BCUT2D eigenvalue weighted by molar-refractivity contribution is 0.367. The fraction of sp³-hybridized carbons (Fsp3) is 0.769. The minimum absolute atomic E-state index is 0. The molecule has 0 spiro atoms. The van der Waals surface area contributed by atoms with E-state index in [0.29, 0.717) is 0 Å². The van der Waals surface area contributed by atoms with Crippen LogP contribution in [0.15, 0.2) is 10.9 Å². The number of hydrogen-bond acceptors (Lipinski definition) is 3. The van der Waals surface area contributed by atoms with Crippen LogP contribution in [0.25, 0.3) is 0 Å². The Kier molecular flexibility index (Phi) is 7.09. The van der Waals surface area contributed by atoms with E-state index in [9.17, 15) is 0 Å². The van der Waals surface area contributed by atoms with Crippen LogP contribution in [0.1, 0.15) is 51.1 Å². The van der Waals surface area contributed by atoms with Gasteiger partial charge in [-0.15, -0.1) is 23.7 Å². The van der Waals surface area contributed by atoms with Crippen LogP contribution >= 0.6 is 23.7 Å². The van der Waals surface area contributed by atoms with E-state index in [4.69, 9.17) is 0 Å². The van der Waals surface area contributed by atoms with Crippen molar-refractivity contribution in [3.63, 3.8) is 0 Å². The first-order valence-corrected chi connectivity index (χ1v) is 7.45. The van der Waals surface area contributed by atoms with Gasteiger partial charge in [-0.3, -0.25) is 0 Å². The van der Waals surface area contributed by atoms with Crippen LogP contribution in [0.4, 0.5) is 0 Å². The van der Waals surface area contributed by atoms with Gasteiger partial charge in [0.1, 0.15) is 0 Å². The van der Waals surface area contributed by atoms with Gasteiger partial charge in [-0.2, -0.15) is 0 Å². The lowest BCUT2D eigenvalue weighted by Gasteiger charge is -2.20. The molecule has 2 rings (SSSR count). The van der Waals surface area contributed by atoms with Crippen LogP contribution < -0.4 is 5.32 Å². The number of nitrogens with one attached hydrogen (secondary N) is 1. The van der Waals surface area contributed by atoms with Gasteiger partial charge < -0.3 is 5.32 Å². The number of hydrogen-bond donors (Lipinski definition) is 1. The molecule has 0 saturated heterocycles. The summed E-state index contributed by atoms with van der Waals surface area (Å²) in [5.74, 6) is 0.915. The van der Waals surface area contributed by atoms with Gasteiger partial charge in [0.2, 0.25) is 0 Å². The van der Waals surface area contributed by atoms with Gasteiger partial charge in [-0.1, -0.05) is 26.2 Å². The molecular weight excluding hydrogens is 252 g/mol. The van der Waals surface area contributed by atoms with E-state index in [1.54, 1.807) is 11.3 Å². The minimum atomic E-state index is 0. The summed E-state index contributed by atoms with van der Waals surface area (Å²) in [6, 6.07) is 0.744. The molecule has 0 aromatic carbocycles. The molecule has 2 nitrogen and oxygen atoms in total. The Morgan fingerprint density at radius 3 is 3.06 bits per heavy atom. The molecule has 17 heavy (non-hydrogen) atoms. The first kappa shape index (κ1) is 14.9. The van der Waals surface area contributed by atoms with E-state index in [1.807, 2.05) is 5.51 Å². The van der Waals surface area contributed by atoms with Gasteiger partial charge in [-0.05, 0) is 25.2 Å². The third-order valence-electron chi connectivity index (χ3n) is 3.62. The van der Waals surface area contributed by atoms with Crippen LogP contribution in [-0.4, -0.2) is 11.0 Å². The number of aromatic nitrogens is 1. The molecule has 0 bridgehead atoms. The van der Waals surface area contributed by atoms with Crippen molar-refractivity contribution in [2.75, 3.05) is 0 Å². The molecule has 2 unspecified atom stereocenters. The Morgan fingerprint density at radius 1 is 1.47 bits per heavy atom. The van der Waals surface area contributed by atoms with E-state index < -0.39 is 0 Å². The minimum Gasteiger partial charge on any atom is -0.308 e. The van der Waals surface area contributed by atoms with E-state index in [-0.39, 0.29) is 12.4 Å². The molecular formula is C13H23ClN2S. The first-order chi connectivity index (χ1) is 7.90. The molecule has 2 atom stereocenters. The molecule has 1 N–H and O–H groups in total. The van der Waals surface area contributed by atoms with Crippen molar-refractivity contribution in [2.24, 2.45) is 5.92 Å². The van der Waals surface area contributed by atoms with Crippen LogP contribution in [0.5, 0.6) is 0 Å². The second kappa shape index (κ2) is 8.06. The second-order valence-electron chi connectivity index (χ2n) is 4.80. The van der Waals surface area contributed by atoms with Gasteiger partial charge in [0.25, 0.3) is 0 Å². The Bertz CT molecular complexity index is 290. The summed E-state index contributed by atoms with van der Waals surface area (Å²) < 4.78 is 0. The van der Waals surface area contributed by atoms with Crippen LogP contribution in [-0.2, 0) is 6.54 Å². The first-order valence-electron chi connectivity index (χ1n) is 6.50. The van der Waals surface area contributed by atoms with E-state index >= 15 is 0 Å². The summed E-state index contributed by atoms with van der Waals surface area (Å²) in [4.78, 5) is 4.32. The Balaban J connectivity index is 0.00000144. The predicted octanol–water partition coefficient (Wildman–Crippen LogP) is 4.01. The maximum Gasteiger partial charge on any atom is 0.0795 e. The quantitative estimate of drug-likeness (QED) is 0.848. The van der Waals surface area contributed by atoms with E-state index in [1.165, 1.54) is 44.2 Å². The largest absolute Gasteiger partial charge is 0.308 e. The lowest BCUT2D eigenvalue weighted by atomic mass is 9.97. The summed E-state index contributed by atoms with van der Waals surface area (Å²) in [6.07, 6.45) is 8.32. The van der Waals surface area contributed by atoms with Crippen LogP contribution in [0.2, 0.25) is 0 Å². The highest BCUT2D eigenvalue weighted by molar-refractivity contribution is 7.07. The zero-order valence-corrected chi connectivity index (χ0v) is 12.2. The number of thiazole rings is 1. The Morgan fingerprint density at radius 2 is 2.35 bits per heavy atom. The Hall–Kier alpha value is -0.120. The highest BCUT2D eigenvalue weighted by atomic mass is 35.5. The molecule has 1 saturated carbocycles. The van der Waals surface area contributed by atoms with E-state index in [2.05, 4.69) is 22.6 Å². The SMILES string of the molecule is CCCCC1CCCC1NCc1cscn1.Cl. The van der Waals surface area contributed by atoms with Crippen molar-refractivity contribution < 1.29 is 0 Å². The van der Waals surface area contributed by atoms with Crippen molar-refractivity contribution in [1.29, 1.82) is 0 Å². The molecule has 1 fully saturated rings. The van der Waals surface area contributed by atoms with Crippen LogP contribution in [0.3, 0.4) is 0 Å². The maximum absolute atomic E-state index is 4.32. The van der Waals surface area contributed by atoms with Crippen LogP contribution in [0, 0.1) is 5.92 Å². The molecule has 4 heteroatoms. The lowest BCUT2D eigenvalue weighted by Crippen LogP contribution is -2.32. The predicted molar refractivity (Wildman–Crippen MR) is 76.9 cm³/mol. The average Bonchev–Trinajstić information content (AvgIpc) is 2.94. The molecule has 98 valence electrons. The zero-order chi connectivity index (χ0) is 11.2. The summed E-state index contributed by atoms with van der Waals surface area (Å²) in [7, 11) is 0. The number of halogens is 1. The smallest absolute Gasteiger partial charge is 0.0795 e. The Labute approximate surface area is 115 Å². The molecule has 1 aromatic heterocycles. The monoisotopic (exact) mass is 274 g/mol. The highest BCUT2D eigenvalue weighted by Crippen LogP contribution is 2.30. The van der Waals surface area contributed by atoms with Crippen molar-refractivity contribution >= 4 is 23.7 Å². The molecule has 0 aliphatic heterocycles. The molecule has 1 aliphatic carbocycles. The summed E-state index contributed by atoms with van der Waals surface area (Å²) in [5.41, 5.74) is 3.12. The van der Waals surface area contributed by atoms with E-state index in [0.717, 1.165) is 18.5 Å². The average molecular weight is 275 g/mol. The fourth-order valence-electron chi connectivity index (χ4n) is 2.68. The van der Waals surface area contributed by atoms with Gasteiger partial charge in [0.15, 0.2) is 0 Å². The molecule has 1 aliphatic rings. The third-order valence-corrected chi connectivity index (χ3v) is 4.25. The topological polar surface area (TPSA) is 24.9 Å². The normalized spacial score (nSPS) is 23.6. The third kappa shape index (κ3) is 4.57. The van der Waals surface area contributed by atoms with Gasteiger partial charge >= 0.3 is 0 Å². The van der Waals surface area contributed by atoms with Gasteiger partial charge in [-0.25, -0.2) is 4.98 Å². The summed E-state index contributed by atoms with van der Waals surface area (Å²) in [6.45, 7) is 3.24. The fourth-order valence-corrected chi connectivity index (χ4v) is 3.24. The van der Waals surface area contributed by atoms with Gasteiger partial charge in [0, 0.05) is 18.0 Å². The summed E-state index contributed by atoms with van der Waals surface area (Å²) in [5, 5.41) is 5.83. The summed E-state index contributed by atoms with van der Waals surface area (Å²) >= 11 is 1.69. The highest BCUT2D eigenvalue weighted by Gasteiger charge is 2.25. The van der Waals surface area contributed by atoms with Gasteiger partial charge in [0.05, 0.1) is 11.2 Å².